The highest BCUT2D eigenvalue weighted by Gasteiger charge is 2.36. The number of fused-ring (bicyclic) bond motifs is 1. The van der Waals surface area contributed by atoms with Crippen LogP contribution in [0.4, 0.5) is 16.2 Å². The second kappa shape index (κ2) is 11.5. The number of benzene rings is 2. The maximum Gasteiger partial charge on any atom is 0.345 e. The summed E-state index contributed by atoms with van der Waals surface area (Å²) in [7, 11) is 0. The number of H-pyrrole nitrogens is 1. The fourth-order valence-corrected chi connectivity index (χ4v) is 5.22. The zero-order valence-electron chi connectivity index (χ0n) is 23.3. The lowest BCUT2D eigenvalue weighted by atomic mass is 9.83. The van der Waals surface area contributed by atoms with Gasteiger partial charge in [-0.15, -0.1) is 0 Å². The van der Waals surface area contributed by atoms with Gasteiger partial charge in [-0.25, -0.2) is 14.8 Å². The first-order chi connectivity index (χ1) is 19.2. The third-order valence-corrected chi connectivity index (χ3v) is 7.51. The molecule has 0 bridgehead atoms. The van der Waals surface area contributed by atoms with Crippen LogP contribution in [0.5, 0.6) is 0 Å². The fraction of sp³-hybridized carbons (Fsp3) is 0.387. The minimum absolute atomic E-state index is 0.0728. The number of nitrogens with zero attached hydrogens (tertiary/aromatic N) is 4. The summed E-state index contributed by atoms with van der Waals surface area (Å²) in [4.78, 5) is 49.1. The number of hydrogen-bond donors (Lipinski definition) is 2. The van der Waals surface area contributed by atoms with Crippen molar-refractivity contribution in [2.75, 3.05) is 23.3 Å². The van der Waals surface area contributed by atoms with Crippen molar-refractivity contribution in [3.05, 3.63) is 66.6 Å². The van der Waals surface area contributed by atoms with Gasteiger partial charge in [-0.05, 0) is 31.0 Å². The molecular weight excluding hydrogens is 504 g/mol. The number of imidazole rings is 1. The molecule has 1 fully saturated rings. The maximum atomic E-state index is 14.0. The first-order valence-corrected chi connectivity index (χ1v) is 13.9. The molecule has 2 N–H and O–H groups in total. The van der Waals surface area contributed by atoms with Crippen molar-refractivity contribution in [1.29, 1.82) is 0 Å². The number of rotatable bonds is 7. The van der Waals surface area contributed by atoms with Crippen molar-refractivity contribution < 1.29 is 14.4 Å². The van der Waals surface area contributed by atoms with E-state index in [9.17, 15) is 14.4 Å². The molecule has 2 heterocycles. The molecule has 5 rings (SSSR count). The molecule has 9 nitrogen and oxygen atoms in total. The third kappa shape index (κ3) is 5.98. The number of amides is 3. The molecule has 0 radical (unpaired) electrons. The van der Waals surface area contributed by atoms with E-state index in [0.29, 0.717) is 11.4 Å². The van der Waals surface area contributed by atoms with Gasteiger partial charge in [0, 0.05) is 34.3 Å². The monoisotopic (exact) mass is 540 g/mol. The molecule has 0 spiro atoms. The van der Waals surface area contributed by atoms with E-state index >= 15 is 0 Å². The van der Waals surface area contributed by atoms with Crippen LogP contribution < -0.4 is 10.2 Å². The summed E-state index contributed by atoms with van der Waals surface area (Å²) in [5, 5.41) is 8.98. The fourth-order valence-electron chi connectivity index (χ4n) is 5.22. The number of carbonyl (C=O) groups is 3. The highest BCUT2D eigenvalue weighted by molar-refractivity contribution is 6.13. The molecule has 0 atom stereocenters. The zero-order chi connectivity index (χ0) is 28.3. The summed E-state index contributed by atoms with van der Waals surface area (Å²) < 4.78 is 0. The van der Waals surface area contributed by atoms with Gasteiger partial charge in [0.2, 0.25) is 5.91 Å². The number of hydrogen-bond acceptors (Lipinski definition) is 5. The van der Waals surface area contributed by atoms with Crippen molar-refractivity contribution in [1.82, 2.24) is 15.0 Å². The molecule has 0 unspecified atom stereocenters. The van der Waals surface area contributed by atoms with Crippen LogP contribution in [-0.2, 0) is 9.59 Å². The highest BCUT2D eigenvalue weighted by atomic mass is 16.2. The molecular formula is C31H36N6O3. The van der Waals surface area contributed by atoms with Gasteiger partial charge in [0.25, 0.3) is 0 Å². The van der Waals surface area contributed by atoms with E-state index in [1.807, 2.05) is 63.2 Å². The normalized spacial score (nSPS) is 16.3. The molecule has 208 valence electrons. The first kappa shape index (κ1) is 27.3. The Morgan fingerprint density at radius 1 is 1.02 bits per heavy atom. The zero-order valence-corrected chi connectivity index (χ0v) is 23.3. The van der Waals surface area contributed by atoms with E-state index < -0.39 is 11.4 Å². The van der Waals surface area contributed by atoms with Crippen LogP contribution in [-0.4, -0.2) is 51.5 Å². The van der Waals surface area contributed by atoms with Crippen LogP contribution in [0.2, 0.25) is 0 Å². The quantitative estimate of drug-likeness (QED) is 0.391. The SMILES string of the molecule is CC(C)(C)C(=O)CN1C(=O)N(CC(=O)Nc2cccc(-c3c[nH]cn3)c2)N=C(C2CCCCC2)c2ccccc21. The topological polar surface area (TPSA) is 111 Å². The van der Waals surface area contributed by atoms with Gasteiger partial charge in [0.1, 0.15) is 6.54 Å². The summed E-state index contributed by atoms with van der Waals surface area (Å²) in [6.45, 7) is 5.15. The van der Waals surface area contributed by atoms with E-state index in [4.69, 9.17) is 5.10 Å². The van der Waals surface area contributed by atoms with Crippen LogP contribution in [0.1, 0.15) is 58.4 Å². The van der Waals surface area contributed by atoms with E-state index in [1.54, 1.807) is 18.6 Å². The Bertz CT molecular complexity index is 1420. The largest absolute Gasteiger partial charge is 0.351 e. The summed E-state index contributed by atoms with van der Waals surface area (Å²) in [6, 6.07) is 14.5. The van der Waals surface area contributed by atoms with E-state index in [0.717, 1.165) is 48.2 Å². The Balaban J connectivity index is 1.46. The molecule has 0 saturated heterocycles. The van der Waals surface area contributed by atoms with Crippen molar-refractivity contribution in [3.63, 3.8) is 0 Å². The Kier molecular flexibility index (Phi) is 7.82. The number of Topliss-reactive ketones (excluding diaryl/α,β-unsaturated/α-hetero) is 1. The van der Waals surface area contributed by atoms with E-state index in [-0.39, 0.29) is 30.7 Å². The van der Waals surface area contributed by atoms with Crippen LogP contribution >= 0.6 is 0 Å². The summed E-state index contributed by atoms with van der Waals surface area (Å²) >= 11 is 0. The molecule has 2 aromatic carbocycles. The highest BCUT2D eigenvalue weighted by Crippen LogP contribution is 2.34. The Morgan fingerprint density at radius 2 is 1.80 bits per heavy atom. The average molecular weight is 541 g/mol. The van der Waals surface area contributed by atoms with E-state index in [2.05, 4.69) is 15.3 Å². The molecule has 2 aliphatic rings. The number of anilines is 2. The van der Waals surface area contributed by atoms with Gasteiger partial charge in [0.15, 0.2) is 5.78 Å². The lowest BCUT2D eigenvalue weighted by molar-refractivity contribution is -0.124. The van der Waals surface area contributed by atoms with Crippen molar-refractivity contribution >= 4 is 34.8 Å². The number of urea groups is 1. The van der Waals surface area contributed by atoms with E-state index in [1.165, 1.54) is 16.3 Å². The second-order valence-electron chi connectivity index (χ2n) is 11.5. The van der Waals surface area contributed by atoms with Crippen molar-refractivity contribution in [3.8, 4) is 11.3 Å². The molecule has 3 amide bonds. The van der Waals surface area contributed by atoms with Gasteiger partial charge >= 0.3 is 6.03 Å². The minimum Gasteiger partial charge on any atom is -0.351 e. The standard InChI is InChI=1S/C31H36N6O3/c1-31(2,3)27(38)18-36-26-15-8-7-14-24(26)29(21-10-5-4-6-11-21)35-37(30(36)40)19-28(39)34-23-13-9-12-22(16-23)25-17-32-20-33-25/h7-9,12-17,20-21H,4-6,10-11,18-19H2,1-3H3,(H,32,33)(H,34,39). The van der Waals surface area contributed by atoms with Gasteiger partial charge in [-0.1, -0.05) is 70.4 Å². The molecule has 1 aliphatic heterocycles. The minimum atomic E-state index is -0.629. The number of nitrogens with one attached hydrogen (secondary N) is 2. The molecule has 1 aliphatic carbocycles. The predicted molar refractivity (Wildman–Crippen MR) is 156 cm³/mol. The number of carbonyl (C=O) groups excluding carboxylic acids is 3. The predicted octanol–water partition coefficient (Wildman–Crippen LogP) is 5.86. The Hall–Kier alpha value is -4.27. The van der Waals surface area contributed by atoms with Crippen LogP contribution in [0.25, 0.3) is 11.3 Å². The van der Waals surface area contributed by atoms with Crippen LogP contribution in [0.3, 0.4) is 0 Å². The first-order valence-electron chi connectivity index (χ1n) is 13.9. The number of aromatic nitrogens is 2. The molecule has 3 aromatic rings. The Morgan fingerprint density at radius 3 is 2.52 bits per heavy atom. The number of aromatic amines is 1. The molecule has 1 aromatic heterocycles. The van der Waals surface area contributed by atoms with Gasteiger partial charge in [-0.2, -0.15) is 5.10 Å². The van der Waals surface area contributed by atoms with Gasteiger partial charge < -0.3 is 10.3 Å². The van der Waals surface area contributed by atoms with Gasteiger partial charge in [0.05, 0.1) is 30.0 Å². The van der Waals surface area contributed by atoms with Crippen molar-refractivity contribution in [2.45, 2.75) is 52.9 Å². The third-order valence-electron chi connectivity index (χ3n) is 7.51. The summed E-state index contributed by atoms with van der Waals surface area (Å²) in [6.07, 6.45) is 8.70. The van der Waals surface area contributed by atoms with Crippen molar-refractivity contribution in [2.24, 2.45) is 16.4 Å². The summed E-state index contributed by atoms with van der Waals surface area (Å²) in [5.74, 6) is -0.277. The second-order valence-corrected chi connectivity index (χ2v) is 11.5. The Labute approximate surface area is 234 Å². The molecule has 1 saturated carbocycles. The summed E-state index contributed by atoms with van der Waals surface area (Å²) in [5.41, 5.74) is 3.89. The lowest BCUT2D eigenvalue weighted by Crippen LogP contribution is -2.47. The number of para-hydroxylation sites is 1. The maximum absolute atomic E-state index is 14.0. The van der Waals surface area contributed by atoms with Crippen LogP contribution in [0.15, 0.2) is 66.2 Å². The molecule has 40 heavy (non-hydrogen) atoms. The number of hydrazone groups is 1. The number of ketones is 1. The lowest BCUT2D eigenvalue weighted by Gasteiger charge is -2.28. The van der Waals surface area contributed by atoms with Gasteiger partial charge in [-0.3, -0.25) is 14.5 Å². The molecule has 9 heteroatoms. The average Bonchev–Trinajstić information content (AvgIpc) is 3.46. The van der Waals surface area contributed by atoms with Crippen LogP contribution in [0, 0.1) is 11.3 Å². The smallest absolute Gasteiger partial charge is 0.345 e.